The molecule has 102 valence electrons. The minimum atomic E-state index is -0.0191. The van der Waals surface area contributed by atoms with Crippen LogP contribution in [0.25, 0.3) is 0 Å². The molecule has 3 rings (SSSR count). The molecule has 0 bridgehead atoms. The van der Waals surface area contributed by atoms with E-state index in [4.69, 9.17) is 5.73 Å². The number of nitrogens with two attached hydrogens (primary N) is 1. The van der Waals surface area contributed by atoms with Gasteiger partial charge in [0, 0.05) is 36.4 Å². The molecule has 4 N–H and O–H groups in total. The highest BCUT2D eigenvalue weighted by atomic mass is 16.2. The van der Waals surface area contributed by atoms with Gasteiger partial charge in [0.05, 0.1) is 0 Å². The summed E-state index contributed by atoms with van der Waals surface area (Å²) < 4.78 is 0. The molecule has 1 atom stereocenters. The van der Waals surface area contributed by atoms with Crippen LogP contribution < -0.4 is 16.4 Å². The largest absolute Gasteiger partial charge is 0.399 e. The summed E-state index contributed by atoms with van der Waals surface area (Å²) in [6.45, 7) is 3.81. The minimum absolute atomic E-state index is 0.0191. The molecule has 0 saturated carbocycles. The lowest BCUT2D eigenvalue weighted by atomic mass is 9.87. The van der Waals surface area contributed by atoms with E-state index in [1.54, 1.807) is 6.07 Å². The smallest absolute Gasteiger partial charge is 0.321 e. The van der Waals surface area contributed by atoms with Crippen molar-refractivity contribution in [3.63, 3.8) is 0 Å². The highest BCUT2D eigenvalue weighted by molar-refractivity contribution is 5.90. The summed E-state index contributed by atoms with van der Waals surface area (Å²) in [6.07, 6.45) is 2.28. The number of urea groups is 1. The molecule has 0 radical (unpaired) electrons. The Bertz CT molecular complexity index is 482. The molecule has 0 aromatic heterocycles. The Hall–Kier alpha value is -1.75. The lowest BCUT2D eigenvalue weighted by Gasteiger charge is -2.23. The molecule has 19 heavy (non-hydrogen) atoms. The summed E-state index contributed by atoms with van der Waals surface area (Å²) >= 11 is 0. The van der Waals surface area contributed by atoms with E-state index in [0.717, 1.165) is 38.3 Å². The topological polar surface area (TPSA) is 70.4 Å². The van der Waals surface area contributed by atoms with Crippen LogP contribution in [0, 0.1) is 5.41 Å². The van der Waals surface area contributed by atoms with E-state index in [2.05, 4.69) is 10.6 Å². The van der Waals surface area contributed by atoms with Gasteiger partial charge in [0.1, 0.15) is 0 Å². The number of benzene rings is 1. The van der Waals surface area contributed by atoms with Crippen LogP contribution >= 0.6 is 0 Å². The van der Waals surface area contributed by atoms with Gasteiger partial charge in [0.25, 0.3) is 0 Å². The third-order valence-corrected chi connectivity index (χ3v) is 4.20. The van der Waals surface area contributed by atoms with Crippen LogP contribution in [0.1, 0.15) is 12.8 Å². The Balaban J connectivity index is 1.62. The highest BCUT2D eigenvalue weighted by Crippen LogP contribution is 2.36. The zero-order chi connectivity index (χ0) is 13.3. The molecular weight excluding hydrogens is 240 g/mol. The second-order valence-electron chi connectivity index (χ2n) is 5.65. The fraction of sp³-hybridized carbons (Fsp3) is 0.500. The molecule has 5 heteroatoms. The van der Waals surface area contributed by atoms with Gasteiger partial charge < -0.3 is 21.3 Å². The highest BCUT2D eigenvalue weighted by Gasteiger charge is 2.41. The average Bonchev–Trinajstić information content (AvgIpc) is 3.00. The molecule has 2 aliphatic heterocycles. The van der Waals surface area contributed by atoms with E-state index >= 15 is 0 Å². The van der Waals surface area contributed by atoms with E-state index in [-0.39, 0.29) is 6.03 Å². The molecule has 1 spiro atoms. The number of carbonyl (C=O) groups excluding carboxylic acids is 1. The standard InChI is InChI=1S/C14H20N4O/c15-11-2-1-3-12(8-11)17-13(19)18-7-5-14(10-18)4-6-16-9-14/h1-3,8,16H,4-7,9-10,15H2,(H,17,19). The van der Waals surface area contributed by atoms with Crippen LogP contribution in [0.15, 0.2) is 24.3 Å². The number of nitrogens with one attached hydrogen (secondary N) is 2. The second kappa shape index (κ2) is 4.74. The number of nitrogens with zero attached hydrogens (tertiary/aromatic N) is 1. The van der Waals surface area contributed by atoms with Gasteiger partial charge in [-0.1, -0.05) is 6.07 Å². The fourth-order valence-corrected chi connectivity index (χ4v) is 3.07. The molecular formula is C14H20N4O. The molecule has 2 saturated heterocycles. The van der Waals surface area contributed by atoms with Gasteiger partial charge in [0.15, 0.2) is 0 Å². The molecule has 0 aliphatic carbocycles. The van der Waals surface area contributed by atoms with Crippen LogP contribution in [0.3, 0.4) is 0 Å². The molecule has 1 aromatic carbocycles. The number of hydrogen-bond acceptors (Lipinski definition) is 3. The van der Waals surface area contributed by atoms with Crippen LogP contribution in [-0.4, -0.2) is 37.1 Å². The zero-order valence-electron chi connectivity index (χ0n) is 11.0. The van der Waals surface area contributed by atoms with E-state index in [1.807, 2.05) is 23.1 Å². The van der Waals surface area contributed by atoms with Crippen LogP contribution in [0.5, 0.6) is 0 Å². The first kappa shape index (κ1) is 12.3. The van der Waals surface area contributed by atoms with Crippen molar-refractivity contribution in [1.82, 2.24) is 10.2 Å². The third kappa shape index (κ3) is 2.51. The zero-order valence-corrected chi connectivity index (χ0v) is 11.0. The SMILES string of the molecule is Nc1cccc(NC(=O)N2CCC3(CCNC3)C2)c1. The van der Waals surface area contributed by atoms with Crippen LogP contribution in [-0.2, 0) is 0 Å². The molecule has 2 heterocycles. The Labute approximate surface area is 113 Å². The first-order valence-electron chi connectivity index (χ1n) is 6.79. The van der Waals surface area contributed by atoms with Gasteiger partial charge in [-0.2, -0.15) is 0 Å². The predicted molar refractivity (Wildman–Crippen MR) is 76.0 cm³/mol. The van der Waals surface area contributed by atoms with Crippen molar-refractivity contribution in [2.45, 2.75) is 12.8 Å². The van der Waals surface area contributed by atoms with Crippen molar-refractivity contribution in [1.29, 1.82) is 0 Å². The van der Waals surface area contributed by atoms with Crippen LogP contribution in [0.2, 0.25) is 0 Å². The van der Waals surface area contributed by atoms with Gasteiger partial charge in [-0.3, -0.25) is 0 Å². The number of rotatable bonds is 1. The maximum Gasteiger partial charge on any atom is 0.321 e. The number of likely N-dealkylation sites (tertiary alicyclic amines) is 1. The van der Waals surface area contributed by atoms with E-state index in [0.29, 0.717) is 11.1 Å². The first-order chi connectivity index (χ1) is 9.17. The summed E-state index contributed by atoms with van der Waals surface area (Å²) in [5, 5.41) is 6.31. The number of anilines is 2. The monoisotopic (exact) mass is 260 g/mol. The summed E-state index contributed by atoms with van der Waals surface area (Å²) in [5.41, 5.74) is 7.44. The second-order valence-corrected chi connectivity index (χ2v) is 5.65. The molecule has 5 nitrogen and oxygen atoms in total. The van der Waals surface area contributed by atoms with E-state index < -0.39 is 0 Å². The maximum absolute atomic E-state index is 12.2. The predicted octanol–water partition coefficient (Wildman–Crippen LogP) is 1.49. The van der Waals surface area contributed by atoms with Gasteiger partial charge in [-0.25, -0.2) is 4.79 Å². The Morgan fingerprint density at radius 3 is 3.05 bits per heavy atom. The van der Waals surface area contributed by atoms with Gasteiger partial charge in [-0.15, -0.1) is 0 Å². The van der Waals surface area contributed by atoms with Crippen molar-refractivity contribution in [2.24, 2.45) is 5.41 Å². The summed E-state index contributed by atoms with van der Waals surface area (Å²) in [5.74, 6) is 0. The van der Waals surface area contributed by atoms with Crippen molar-refractivity contribution in [3.8, 4) is 0 Å². The molecule has 1 unspecified atom stereocenters. The first-order valence-corrected chi connectivity index (χ1v) is 6.79. The molecule has 1 aromatic rings. The Morgan fingerprint density at radius 2 is 2.32 bits per heavy atom. The molecule has 2 fully saturated rings. The van der Waals surface area contributed by atoms with Crippen molar-refractivity contribution in [2.75, 3.05) is 37.2 Å². The summed E-state index contributed by atoms with van der Waals surface area (Å²) in [4.78, 5) is 14.1. The van der Waals surface area contributed by atoms with E-state index in [9.17, 15) is 4.79 Å². The lowest BCUT2D eigenvalue weighted by molar-refractivity contribution is 0.215. The quantitative estimate of drug-likeness (QED) is 0.670. The van der Waals surface area contributed by atoms with Crippen molar-refractivity contribution in [3.05, 3.63) is 24.3 Å². The molecule has 2 amide bonds. The number of amides is 2. The third-order valence-electron chi connectivity index (χ3n) is 4.20. The Kier molecular flexibility index (Phi) is 3.06. The summed E-state index contributed by atoms with van der Waals surface area (Å²) in [7, 11) is 0. The van der Waals surface area contributed by atoms with Crippen molar-refractivity contribution >= 4 is 17.4 Å². The lowest BCUT2D eigenvalue weighted by Crippen LogP contribution is -2.36. The Morgan fingerprint density at radius 1 is 1.42 bits per heavy atom. The van der Waals surface area contributed by atoms with Crippen LogP contribution in [0.4, 0.5) is 16.2 Å². The van der Waals surface area contributed by atoms with Gasteiger partial charge in [-0.05, 0) is 37.6 Å². The minimum Gasteiger partial charge on any atom is -0.399 e. The normalized spacial score (nSPS) is 26.0. The fourth-order valence-electron chi connectivity index (χ4n) is 3.07. The van der Waals surface area contributed by atoms with Gasteiger partial charge in [0.2, 0.25) is 0 Å². The van der Waals surface area contributed by atoms with Crippen molar-refractivity contribution < 1.29 is 4.79 Å². The maximum atomic E-state index is 12.2. The summed E-state index contributed by atoms with van der Waals surface area (Å²) in [6, 6.07) is 7.27. The van der Waals surface area contributed by atoms with E-state index in [1.165, 1.54) is 6.42 Å². The number of carbonyl (C=O) groups is 1. The average molecular weight is 260 g/mol. The number of nitrogen functional groups attached to an aromatic ring is 1. The van der Waals surface area contributed by atoms with Gasteiger partial charge >= 0.3 is 6.03 Å². The molecule has 2 aliphatic rings. The number of hydrogen-bond donors (Lipinski definition) is 3.